The van der Waals surface area contributed by atoms with Crippen molar-refractivity contribution in [3.8, 4) is 11.5 Å². The van der Waals surface area contributed by atoms with Crippen molar-refractivity contribution in [1.29, 1.82) is 0 Å². The normalized spacial score (nSPS) is 14.2. The zero-order valence-corrected chi connectivity index (χ0v) is 17.0. The van der Waals surface area contributed by atoms with Gasteiger partial charge in [-0.2, -0.15) is 0 Å². The molecule has 4 rings (SSSR count). The van der Waals surface area contributed by atoms with E-state index in [0.29, 0.717) is 23.9 Å². The summed E-state index contributed by atoms with van der Waals surface area (Å²) in [6, 6.07) is 5.74. The highest BCUT2D eigenvalue weighted by atomic mass is 32.1. The molecule has 0 unspecified atom stereocenters. The lowest BCUT2D eigenvalue weighted by atomic mass is 10.1. The number of ether oxygens (including phenoxy) is 2. The molecular formula is C22H24N2O3S. The summed E-state index contributed by atoms with van der Waals surface area (Å²) in [5.41, 5.74) is 2.14. The Morgan fingerprint density at radius 1 is 1.18 bits per heavy atom. The Morgan fingerprint density at radius 3 is 2.86 bits per heavy atom. The number of aromatic nitrogens is 2. The number of fused-ring (bicyclic) bond motifs is 3. The molecule has 1 aliphatic rings. The van der Waals surface area contributed by atoms with E-state index in [0.717, 1.165) is 35.0 Å². The van der Waals surface area contributed by atoms with E-state index in [4.69, 9.17) is 14.5 Å². The first kappa shape index (κ1) is 18.7. The third-order valence-electron chi connectivity index (χ3n) is 5.01. The summed E-state index contributed by atoms with van der Waals surface area (Å²) >= 11 is 1.68. The van der Waals surface area contributed by atoms with Gasteiger partial charge in [0.1, 0.15) is 10.7 Å². The average Bonchev–Trinajstić information content (AvgIpc) is 2.89. The van der Waals surface area contributed by atoms with Gasteiger partial charge in [-0.15, -0.1) is 11.3 Å². The molecule has 0 radical (unpaired) electrons. The lowest BCUT2D eigenvalue weighted by Gasteiger charge is -2.09. The van der Waals surface area contributed by atoms with Crippen LogP contribution in [-0.4, -0.2) is 23.7 Å². The highest BCUT2D eigenvalue weighted by Gasteiger charge is 2.18. The molecule has 0 fully saturated rings. The predicted octanol–water partition coefficient (Wildman–Crippen LogP) is 4.83. The fourth-order valence-corrected chi connectivity index (χ4v) is 4.95. The van der Waals surface area contributed by atoms with Crippen molar-refractivity contribution in [2.45, 2.75) is 39.0 Å². The van der Waals surface area contributed by atoms with E-state index in [1.54, 1.807) is 18.4 Å². The summed E-state index contributed by atoms with van der Waals surface area (Å²) in [6.45, 7) is 2.51. The fraction of sp³-hybridized carbons (Fsp3) is 0.364. The second-order valence-electron chi connectivity index (χ2n) is 6.87. The molecule has 5 nitrogen and oxygen atoms in total. The van der Waals surface area contributed by atoms with Gasteiger partial charge in [0.05, 0.1) is 19.1 Å². The maximum absolute atomic E-state index is 12.7. The number of benzene rings is 1. The molecule has 0 spiro atoms. The maximum Gasteiger partial charge on any atom is 0.260 e. The minimum atomic E-state index is -0.0335. The van der Waals surface area contributed by atoms with Gasteiger partial charge >= 0.3 is 0 Å². The van der Waals surface area contributed by atoms with E-state index in [9.17, 15) is 4.79 Å². The average molecular weight is 397 g/mol. The first-order valence-corrected chi connectivity index (χ1v) is 10.5. The van der Waals surface area contributed by atoms with Crippen LogP contribution in [0.4, 0.5) is 0 Å². The number of nitrogens with one attached hydrogen (secondary N) is 1. The molecule has 1 aliphatic carbocycles. The van der Waals surface area contributed by atoms with Crippen LogP contribution >= 0.6 is 11.3 Å². The number of methoxy groups -OCH3 is 1. The Labute approximate surface area is 168 Å². The fourth-order valence-electron chi connectivity index (χ4n) is 3.68. The van der Waals surface area contributed by atoms with Gasteiger partial charge in [0.15, 0.2) is 11.5 Å². The van der Waals surface area contributed by atoms with Gasteiger partial charge in [-0.05, 0) is 61.9 Å². The molecule has 3 aromatic rings. The number of H-pyrrole nitrogens is 1. The number of nitrogens with zero attached hydrogens (tertiary/aromatic N) is 1. The Kier molecular flexibility index (Phi) is 5.48. The van der Waals surface area contributed by atoms with Crippen LogP contribution in [0.1, 0.15) is 48.0 Å². The molecule has 6 heteroatoms. The monoisotopic (exact) mass is 396 g/mol. The molecule has 0 atom stereocenters. The summed E-state index contributed by atoms with van der Waals surface area (Å²) < 4.78 is 10.9. The van der Waals surface area contributed by atoms with Crippen molar-refractivity contribution in [2.75, 3.05) is 13.7 Å². The van der Waals surface area contributed by atoms with E-state index in [2.05, 4.69) is 4.98 Å². The second kappa shape index (κ2) is 8.19. The number of hydrogen-bond acceptors (Lipinski definition) is 5. The zero-order chi connectivity index (χ0) is 19.5. The lowest BCUT2D eigenvalue weighted by Crippen LogP contribution is -2.10. The molecule has 0 amide bonds. The molecule has 2 heterocycles. The van der Waals surface area contributed by atoms with Crippen LogP contribution in [-0.2, 0) is 12.8 Å². The van der Waals surface area contributed by atoms with Crippen LogP contribution < -0.4 is 15.0 Å². The number of aromatic amines is 1. The number of hydrogen-bond donors (Lipinski definition) is 1. The number of aryl methyl sites for hydroxylation is 2. The van der Waals surface area contributed by atoms with Gasteiger partial charge in [-0.3, -0.25) is 4.79 Å². The Bertz CT molecular complexity index is 1080. The minimum Gasteiger partial charge on any atom is -0.493 e. The van der Waals surface area contributed by atoms with E-state index in [-0.39, 0.29) is 5.56 Å². The van der Waals surface area contributed by atoms with E-state index in [1.165, 1.54) is 23.3 Å². The molecule has 146 valence electrons. The maximum atomic E-state index is 12.7. The van der Waals surface area contributed by atoms with Crippen molar-refractivity contribution in [2.24, 2.45) is 0 Å². The predicted molar refractivity (Wildman–Crippen MR) is 115 cm³/mol. The van der Waals surface area contributed by atoms with Gasteiger partial charge in [-0.25, -0.2) is 4.98 Å². The van der Waals surface area contributed by atoms with E-state index >= 15 is 0 Å². The summed E-state index contributed by atoms with van der Waals surface area (Å²) in [5.74, 6) is 1.97. The first-order chi connectivity index (χ1) is 13.7. The van der Waals surface area contributed by atoms with Gasteiger partial charge in [0.2, 0.25) is 0 Å². The molecule has 1 N–H and O–H groups in total. The highest BCUT2D eigenvalue weighted by molar-refractivity contribution is 7.18. The number of rotatable bonds is 5. The van der Waals surface area contributed by atoms with Crippen LogP contribution in [0.15, 0.2) is 23.0 Å². The highest BCUT2D eigenvalue weighted by Crippen LogP contribution is 2.33. The van der Waals surface area contributed by atoms with Crippen molar-refractivity contribution in [1.82, 2.24) is 9.97 Å². The smallest absolute Gasteiger partial charge is 0.260 e. The summed E-state index contributed by atoms with van der Waals surface area (Å²) in [5, 5.41) is 0.794. The van der Waals surface area contributed by atoms with Gasteiger partial charge in [-0.1, -0.05) is 18.6 Å². The van der Waals surface area contributed by atoms with Crippen molar-refractivity contribution in [3.05, 3.63) is 50.4 Å². The number of thiophene rings is 1. The third-order valence-corrected chi connectivity index (χ3v) is 6.20. The quantitative estimate of drug-likeness (QED) is 0.627. The van der Waals surface area contributed by atoms with Crippen molar-refractivity contribution in [3.63, 3.8) is 0 Å². The largest absolute Gasteiger partial charge is 0.493 e. The molecule has 2 aromatic heterocycles. The summed E-state index contributed by atoms with van der Waals surface area (Å²) in [7, 11) is 1.62. The van der Waals surface area contributed by atoms with Crippen molar-refractivity contribution >= 4 is 33.7 Å². The molecule has 0 aliphatic heterocycles. The van der Waals surface area contributed by atoms with Crippen LogP contribution in [0.25, 0.3) is 22.4 Å². The van der Waals surface area contributed by atoms with Crippen LogP contribution in [0, 0.1) is 0 Å². The topological polar surface area (TPSA) is 64.2 Å². The van der Waals surface area contributed by atoms with Crippen LogP contribution in [0.5, 0.6) is 11.5 Å². The zero-order valence-electron chi connectivity index (χ0n) is 16.2. The Hall–Kier alpha value is -2.60. The molecule has 28 heavy (non-hydrogen) atoms. The molecule has 0 bridgehead atoms. The Balaban J connectivity index is 1.67. The van der Waals surface area contributed by atoms with Crippen molar-refractivity contribution < 1.29 is 9.47 Å². The van der Waals surface area contributed by atoms with Crippen LogP contribution in [0.3, 0.4) is 0 Å². The Morgan fingerprint density at radius 2 is 2.04 bits per heavy atom. The first-order valence-electron chi connectivity index (χ1n) is 9.73. The minimum absolute atomic E-state index is 0.0335. The van der Waals surface area contributed by atoms with Gasteiger partial charge in [0.25, 0.3) is 5.56 Å². The van der Waals surface area contributed by atoms with E-state index < -0.39 is 0 Å². The third kappa shape index (κ3) is 3.69. The van der Waals surface area contributed by atoms with Crippen LogP contribution in [0.2, 0.25) is 0 Å². The molecule has 1 aromatic carbocycles. The standard InChI is InChI=1S/C22H24N2O3S/c1-3-27-17-13-14(9-11-16(17)26-2)10-12-19-23-21(25)20-15-7-5-4-6-8-18(15)28-22(20)24-19/h9-13H,3-8H2,1-2H3,(H,23,24,25)/b12-10+. The molecule has 0 saturated carbocycles. The summed E-state index contributed by atoms with van der Waals surface area (Å²) in [4.78, 5) is 22.5. The second-order valence-corrected chi connectivity index (χ2v) is 7.96. The lowest BCUT2D eigenvalue weighted by molar-refractivity contribution is 0.311. The molecule has 0 saturated heterocycles. The SMILES string of the molecule is CCOc1cc(/C=C/c2nc3sc4c(c3c(=O)[nH]2)CCCCC4)ccc1OC. The van der Waals surface area contributed by atoms with E-state index in [1.807, 2.05) is 37.3 Å². The van der Waals surface area contributed by atoms with Gasteiger partial charge in [0, 0.05) is 4.88 Å². The summed E-state index contributed by atoms with van der Waals surface area (Å²) in [6.07, 6.45) is 9.40. The molecular weight excluding hydrogens is 372 g/mol. The van der Waals surface area contributed by atoms with Gasteiger partial charge < -0.3 is 14.5 Å².